The Labute approximate surface area is 86.7 Å². The second kappa shape index (κ2) is 5.37. The van der Waals surface area contributed by atoms with Gasteiger partial charge in [0.25, 0.3) is 0 Å². The van der Waals surface area contributed by atoms with Crippen LogP contribution in [-0.2, 0) is 4.74 Å². The number of aliphatic hydroxyl groups is 1. The van der Waals surface area contributed by atoms with E-state index in [1.54, 1.807) is 7.11 Å². The number of halogens is 1. The van der Waals surface area contributed by atoms with Gasteiger partial charge in [0.2, 0.25) is 0 Å². The van der Waals surface area contributed by atoms with Gasteiger partial charge in [-0.1, -0.05) is 46.3 Å². The fourth-order valence-electron chi connectivity index (χ4n) is 1.23. The molecule has 3 heteroatoms. The van der Waals surface area contributed by atoms with Crippen LogP contribution >= 0.6 is 15.9 Å². The first-order valence-electron chi connectivity index (χ1n) is 4.12. The lowest BCUT2D eigenvalue weighted by Crippen LogP contribution is -2.17. The minimum Gasteiger partial charge on any atom is -0.395 e. The van der Waals surface area contributed by atoms with Gasteiger partial charge in [0.1, 0.15) is 0 Å². The van der Waals surface area contributed by atoms with Gasteiger partial charge in [-0.25, -0.2) is 0 Å². The molecule has 0 aliphatic carbocycles. The van der Waals surface area contributed by atoms with Crippen molar-refractivity contribution in [3.8, 4) is 0 Å². The summed E-state index contributed by atoms with van der Waals surface area (Å²) in [7, 11) is 1.64. The lowest BCUT2D eigenvalue weighted by molar-refractivity contribution is 0.0854. The van der Waals surface area contributed by atoms with Gasteiger partial charge in [-0.15, -0.1) is 0 Å². The Balaban J connectivity index is 2.78. The minimum absolute atomic E-state index is 0.0556. The van der Waals surface area contributed by atoms with E-state index in [0.29, 0.717) is 0 Å². The largest absolute Gasteiger partial charge is 0.395 e. The SMILES string of the molecule is COC(c1ccccc1)C(Br)CO. The third kappa shape index (κ3) is 2.79. The first kappa shape index (κ1) is 10.7. The number of hydrogen-bond donors (Lipinski definition) is 1. The van der Waals surface area contributed by atoms with Crippen LogP contribution in [-0.4, -0.2) is 23.7 Å². The van der Waals surface area contributed by atoms with E-state index in [9.17, 15) is 0 Å². The Morgan fingerprint density at radius 2 is 2.00 bits per heavy atom. The van der Waals surface area contributed by atoms with E-state index in [4.69, 9.17) is 9.84 Å². The Hall–Kier alpha value is -0.380. The van der Waals surface area contributed by atoms with Crippen molar-refractivity contribution in [2.45, 2.75) is 10.9 Å². The molecular weight excluding hydrogens is 232 g/mol. The number of alkyl halides is 1. The first-order valence-corrected chi connectivity index (χ1v) is 5.04. The van der Waals surface area contributed by atoms with Crippen LogP contribution in [0.25, 0.3) is 0 Å². The summed E-state index contributed by atoms with van der Waals surface area (Å²) in [5, 5.41) is 8.97. The molecule has 0 aliphatic rings. The zero-order valence-electron chi connectivity index (χ0n) is 7.48. The lowest BCUT2D eigenvalue weighted by Gasteiger charge is -2.19. The highest BCUT2D eigenvalue weighted by Gasteiger charge is 2.18. The topological polar surface area (TPSA) is 29.5 Å². The molecule has 2 nitrogen and oxygen atoms in total. The monoisotopic (exact) mass is 244 g/mol. The summed E-state index contributed by atoms with van der Waals surface area (Å²) in [4.78, 5) is -0.0556. The molecule has 1 aromatic carbocycles. The Morgan fingerprint density at radius 3 is 2.46 bits per heavy atom. The molecule has 0 heterocycles. The molecule has 0 radical (unpaired) electrons. The van der Waals surface area contributed by atoms with Gasteiger partial charge in [-0.2, -0.15) is 0 Å². The smallest absolute Gasteiger partial charge is 0.0968 e. The molecular formula is C10H13BrO2. The summed E-state index contributed by atoms with van der Waals surface area (Å²) in [5.41, 5.74) is 1.07. The molecule has 0 spiro atoms. The van der Waals surface area contributed by atoms with Crippen molar-refractivity contribution in [3.05, 3.63) is 35.9 Å². The van der Waals surface area contributed by atoms with Crippen molar-refractivity contribution in [2.75, 3.05) is 13.7 Å². The van der Waals surface area contributed by atoms with Crippen molar-refractivity contribution in [1.82, 2.24) is 0 Å². The third-order valence-corrected chi connectivity index (χ3v) is 2.65. The molecule has 0 fully saturated rings. The van der Waals surface area contributed by atoms with Gasteiger partial charge < -0.3 is 9.84 Å². The number of rotatable bonds is 4. The Bertz CT molecular complexity index is 238. The number of methoxy groups -OCH3 is 1. The molecule has 0 bridgehead atoms. The predicted molar refractivity (Wildman–Crippen MR) is 56.0 cm³/mol. The van der Waals surface area contributed by atoms with Crippen molar-refractivity contribution in [1.29, 1.82) is 0 Å². The molecule has 1 N–H and O–H groups in total. The molecule has 0 saturated carbocycles. The second-order valence-electron chi connectivity index (χ2n) is 2.77. The van der Waals surface area contributed by atoms with Gasteiger partial charge in [-0.05, 0) is 5.56 Å². The fourth-order valence-corrected chi connectivity index (χ4v) is 1.75. The molecule has 13 heavy (non-hydrogen) atoms. The number of benzene rings is 1. The van der Waals surface area contributed by atoms with Crippen molar-refractivity contribution in [2.24, 2.45) is 0 Å². The van der Waals surface area contributed by atoms with Crippen LogP contribution in [0.4, 0.5) is 0 Å². The maximum atomic E-state index is 8.97. The van der Waals surface area contributed by atoms with Crippen molar-refractivity contribution >= 4 is 15.9 Å². The Morgan fingerprint density at radius 1 is 1.38 bits per heavy atom. The van der Waals surface area contributed by atoms with Crippen LogP contribution < -0.4 is 0 Å². The summed E-state index contributed by atoms with van der Waals surface area (Å²) >= 11 is 3.37. The summed E-state index contributed by atoms with van der Waals surface area (Å²) in [6.07, 6.45) is -0.0915. The van der Waals surface area contributed by atoms with Crippen LogP contribution in [0.2, 0.25) is 0 Å². The van der Waals surface area contributed by atoms with Crippen molar-refractivity contribution < 1.29 is 9.84 Å². The van der Waals surface area contributed by atoms with Gasteiger partial charge in [0.15, 0.2) is 0 Å². The van der Waals surface area contributed by atoms with E-state index in [0.717, 1.165) is 5.56 Å². The van der Waals surface area contributed by atoms with Gasteiger partial charge in [0, 0.05) is 7.11 Å². The molecule has 2 atom stereocenters. The van der Waals surface area contributed by atoms with Gasteiger partial charge in [-0.3, -0.25) is 0 Å². The molecule has 0 aliphatic heterocycles. The lowest BCUT2D eigenvalue weighted by atomic mass is 10.1. The van der Waals surface area contributed by atoms with Crippen LogP contribution in [0.15, 0.2) is 30.3 Å². The van der Waals surface area contributed by atoms with E-state index in [1.165, 1.54) is 0 Å². The molecule has 0 aromatic heterocycles. The highest BCUT2D eigenvalue weighted by atomic mass is 79.9. The van der Waals surface area contributed by atoms with E-state index >= 15 is 0 Å². The summed E-state index contributed by atoms with van der Waals surface area (Å²) in [6, 6.07) is 9.84. The van der Waals surface area contributed by atoms with Gasteiger partial charge in [0.05, 0.1) is 17.5 Å². The molecule has 1 aromatic rings. The van der Waals surface area contributed by atoms with E-state index in [-0.39, 0.29) is 17.5 Å². The molecule has 0 saturated heterocycles. The number of hydrogen-bond acceptors (Lipinski definition) is 2. The summed E-state index contributed by atoms with van der Waals surface area (Å²) < 4.78 is 5.28. The average Bonchev–Trinajstić information content (AvgIpc) is 2.20. The molecule has 72 valence electrons. The van der Waals surface area contributed by atoms with Crippen LogP contribution in [0.5, 0.6) is 0 Å². The average molecular weight is 245 g/mol. The van der Waals surface area contributed by atoms with E-state index in [2.05, 4.69) is 15.9 Å². The standard InChI is InChI=1S/C10H13BrO2/c1-13-10(9(11)7-12)8-5-3-2-4-6-8/h2-6,9-10,12H,7H2,1H3. The summed E-state index contributed by atoms with van der Waals surface area (Å²) in [6.45, 7) is 0.0629. The highest BCUT2D eigenvalue weighted by Crippen LogP contribution is 2.24. The number of aliphatic hydroxyl groups excluding tert-OH is 1. The Kier molecular flexibility index (Phi) is 4.42. The third-order valence-electron chi connectivity index (χ3n) is 1.88. The predicted octanol–water partition coefficient (Wildman–Crippen LogP) is 2.13. The molecule has 2 unspecified atom stereocenters. The maximum absolute atomic E-state index is 8.97. The number of ether oxygens (including phenoxy) is 1. The maximum Gasteiger partial charge on any atom is 0.0968 e. The minimum atomic E-state index is -0.0915. The first-order chi connectivity index (χ1) is 6.29. The van der Waals surface area contributed by atoms with Crippen LogP contribution in [0, 0.1) is 0 Å². The van der Waals surface area contributed by atoms with Crippen molar-refractivity contribution in [3.63, 3.8) is 0 Å². The van der Waals surface area contributed by atoms with Gasteiger partial charge >= 0.3 is 0 Å². The van der Waals surface area contributed by atoms with Crippen LogP contribution in [0.3, 0.4) is 0 Å². The molecule has 1 rings (SSSR count). The zero-order valence-corrected chi connectivity index (χ0v) is 9.07. The normalized spacial score (nSPS) is 15.3. The fraction of sp³-hybridized carbons (Fsp3) is 0.400. The second-order valence-corrected chi connectivity index (χ2v) is 3.94. The van der Waals surface area contributed by atoms with E-state index in [1.807, 2.05) is 30.3 Å². The van der Waals surface area contributed by atoms with Crippen LogP contribution in [0.1, 0.15) is 11.7 Å². The highest BCUT2D eigenvalue weighted by molar-refractivity contribution is 9.09. The summed E-state index contributed by atoms with van der Waals surface area (Å²) in [5.74, 6) is 0. The zero-order chi connectivity index (χ0) is 9.68. The van der Waals surface area contributed by atoms with E-state index < -0.39 is 0 Å². The quantitative estimate of drug-likeness (QED) is 0.823. The molecule has 0 amide bonds.